The van der Waals surface area contributed by atoms with Gasteiger partial charge in [0.2, 0.25) is 0 Å². The SMILES string of the molecule is COc1c(Cl)cc(C(=O)Cl)cc1Br. The molecule has 0 aliphatic heterocycles. The highest BCUT2D eigenvalue weighted by Crippen LogP contribution is 2.34. The lowest BCUT2D eigenvalue weighted by atomic mass is 10.2. The molecule has 0 aliphatic rings. The minimum atomic E-state index is -0.551. The highest BCUT2D eigenvalue weighted by atomic mass is 79.9. The maximum absolute atomic E-state index is 10.8. The Labute approximate surface area is 93.9 Å². The van der Waals surface area contributed by atoms with Crippen molar-refractivity contribution in [1.82, 2.24) is 0 Å². The Morgan fingerprint density at radius 3 is 2.54 bits per heavy atom. The standard InChI is InChI=1S/C8H5BrCl2O2/c1-13-7-5(9)2-4(8(11)12)3-6(7)10/h2-3H,1H3. The molecule has 0 aliphatic carbocycles. The van der Waals surface area contributed by atoms with Crippen molar-refractivity contribution in [1.29, 1.82) is 0 Å². The number of methoxy groups -OCH3 is 1. The van der Waals surface area contributed by atoms with Gasteiger partial charge in [0.15, 0.2) is 5.75 Å². The van der Waals surface area contributed by atoms with Gasteiger partial charge in [0, 0.05) is 5.56 Å². The Kier molecular flexibility index (Phi) is 3.59. The fourth-order valence-corrected chi connectivity index (χ4v) is 2.01. The molecule has 0 unspecified atom stereocenters. The second kappa shape index (κ2) is 4.31. The number of hydrogen-bond donors (Lipinski definition) is 0. The normalized spacial score (nSPS) is 9.85. The van der Waals surface area contributed by atoms with Crippen molar-refractivity contribution in [3.8, 4) is 5.75 Å². The third-order valence-electron chi connectivity index (χ3n) is 1.43. The molecule has 1 rings (SSSR count). The smallest absolute Gasteiger partial charge is 0.252 e. The molecule has 0 spiro atoms. The van der Waals surface area contributed by atoms with Crippen LogP contribution in [0.5, 0.6) is 5.75 Å². The monoisotopic (exact) mass is 282 g/mol. The van der Waals surface area contributed by atoms with Gasteiger partial charge >= 0.3 is 0 Å². The highest BCUT2D eigenvalue weighted by Gasteiger charge is 2.11. The summed E-state index contributed by atoms with van der Waals surface area (Å²) in [5, 5.41) is -0.203. The molecule has 0 fully saturated rings. The first-order valence-electron chi connectivity index (χ1n) is 3.29. The first-order chi connectivity index (χ1) is 6.06. The Bertz CT molecular complexity index is 329. The van der Waals surface area contributed by atoms with Gasteiger partial charge < -0.3 is 4.74 Å². The molecule has 0 amide bonds. The number of carbonyl (C=O) groups excluding carboxylic acids is 1. The third kappa shape index (κ3) is 2.36. The summed E-state index contributed by atoms with van der Waals surface area (Å²) in [6, 6.07) is 3.01. The molecule has 0 N–H and O–H groups in total. The number of rotatable bonds is 2. The van der Waals surface area contributed by atoms with Gasteiger partial charge in [0.05, 0.1) is 16.6 Å². The van der Waals surface area contributed by atoms with Gasteiger partial charge in [0.25, 0.3) is 5.24 Å². The third-order valence-corrected chi connectivity index (χ3v) is 2.52. The van der Waals surface area contributed by atoms with Crippen LogP contribution in [0, 0.1) is 0 Å². The van der Waals surface area contributed by atoms with E-state index < -0.39 is 5.24 Å². The molecule has 0 aromatic heterocycles. The molecule has 0 atom stereocenters. The molecule has 2 nitrogen and oxygen atoms in total. The van der Waals surface area contributed by atoms with E-state index in [0.717, 1.165) is 0 Å². The van der Waals surface area contributed by atoms with E-state index in [1.54, 1.807) is 6.07 Å². The van der Waals surface area contributed by atoms with Crippen LogP contribution in [-0.2, 0) is 0 Å². The Balaban J connectivity index is 3.28. The number of ether oxygens (including phenoxy) is 1. The van der Waals surface area contributed by atoms with Crippen LogP contribution in [0.1, 0.15) is 10.4 Å². The van der Waals surface area contributed by atoms with Crippen LogP contribution in [0.2, 0.25) is 5.02 Å². The summed E-state index contributed by atoms with van der Waals surface area (Å²) in [7, 11) is 1.49. The largest absolute Gasteiger partial charge is 0.494 e. The van der Waals surface area contributed by atoms with Gasteiger partial charge in [-0.1, -0.05) is 11.6 Å². The van der Waals surface area contributed by atoms with Gasteiger partial charge in [-0.2, -0.15) is 0 Å². The quantitative estimate of drug-likeness (QED) is 0.777. The van der Waals surface area contributed by atoms with E-state index >= 15 is 0 Å². The van der Waals surface area contributed by atoms with E-state index in [2.05, 4.69) is 15.9 Å². The first-order valence-corrected chi connectivity index (χ1v) is 4.84. The van der Waals surface area contributed by atoms with Crippen LogP contribution in [0.3, 0.4) is 0 Å². The van der Waals surface area contributed by atoms with Gasteiger partial charge in [-0.15, -0.1) is 0 Å². The summed E-state index contributed by atoms with van der Waals surface area (Å²) >= 11 is 14.3. The van der Waals surface area contributed by atoms with Crippen molar-refractivity contribution in [3.05, 3.63) is 27.2 Å². The molecule has 0 saturated carbocycles. The lowest BCUT2D eigenvalue weighted by Crippen LogP contribution is -1.92. The van der Waals surface area contributed by atoms with E-state index in [1.807, 2.05) is 0 Å². The molecule has 0 radical (unpaired) electrons. The van der Waals surface area contributed by atoms with E-state index in [0.29, 0.717) is 20.8 Å². The van der Waals surface area contributed by atoms with E-state index in [4.69, 9.17) is 27.9 Å². The van der Waals surface area contributed by atoms with E-state index in [1.165, 1.54) is 13.2 Å². The molecular formula is C8H5BrCl2O2. The molecule has 1 aromatic carbocycles. The Hall–Kier alpha value is -0.250. The predicted molar refractivity (Wildman–Crippen MR) is 55.9 cm³/mol. The molecule has 1 aromatic rings. The Morgan fingerprint density at radius 2 is 2.15 bits per heavy atom. The van der Waals surface area contributed by atoms with Crippen LogP contribution < -0.4 is 4.74 Å². The lowest BCUT2D eigenvalue weighted by molar-refractivity contribution is 0.108. The van der Waals surface area contributed by atoms with Gasteiger partial charge in [-0.05, 0) is 39.7 Å². The zero-order chi connectivity index (χ0) is 10.0. The molecule has 5 heteroatoms. The summed E-state index contributed by atoms with van der Waals surface area (Å²) in [6.45, 7) is 0. The average molecular weight is 284 g/mol. The maximum Gasteiger partial charge on any atom is 0.252 e. The van der Waals surface area contributed by atoms with Crippen molar-refractivity contribution in [3.63, 3.8) is 0 Å². The van der Waals surface area contributed by atoms with E-state index in [-0.39, 0.29) is 0 Å². The number of hydrogen-bond acceptors (Lipinski definition) is 2. The summed E-state index contributed by atoms with van der Waals surface area (Å²) in [5.41, 5.74) is 0.333. The van der Waals surface area contributed by atoms with Crippen LogP contribution in [0.15, 0.2) is 16.6 Å². The zero-order valence-corrected chi connectivity index (χ0v) is 9.70. The van der Waals surface area contributed by atoms with Crippen LogP contribution >= 0.6 is 39.1 Å². The molecule has 0 saturated heterocycles. The molecule has 0 heterocycles. The first kappa shape index (κ1) is 10.8. The van der Waals surface area contributed by atoms with Crippen molar-refractivity contribution < 1.29 is 9.53 Å². The summed E-state index contributed by atoms with van der Waals surface area (Å²) in [4.78, 5) is 10.8. The minimum Gasteiger partial charge on any atom is -0.494 e. The summed E-state index contributed by atoms with van der Waals surface area (Å²) in [6.07, 6.45) is 0. The van der Waals surface area contributed by atoms with Crippen molar-refractivity contribution in [2.45, 2.75) is 0 Å². The van der Waals surface area contributed by atoms with Crippen molar-refractivity contribution in [2.24, 2.45) is 0 Å². The van der Waals surface area contributed by atoms with Gasteiger partial charge in [0.1, 0.15) is 0 Å². The second-order valence-electron chi connectivity index (χ2n) is 2.25. The Morgan fingerprint density at radius 1 is 1.54 bits per heavy atom. The minimum absolute atomic E-state index is 0.333. The van der Waals surface area contributed by atoms with Crippen LogP contribution in [-0.4, -0.2) is 12.4 Å². The second-order valence-corrected chi connectivity index (χ2v) is 3.85. The van der Waals surface area contributed by atoms with Crippen molar-refractivity contribution >= 4 is 44.4 Å². The molecule has 70 valence electrons. The van der Waals surface area contributed by atoms with Crippen molar-refractivity contribution in [2.75, 3.05) is 7.11 Å². The fourth-order valence-electron chi connectivity index (χ4n) is 0.868. The zero-order valence-electron chi connectivity index (χ0n) is 6.61. The maximum atomic E-state index is 10.8. The highest BCUT2D eigenvalue weighted by molar-refractivity contribution is 9.10. The topological polar surface area (TPSA) is 26.3 Å². The van der Waals surface area contributed by atoms with E-state index in [9.17, 15) is 4.79 Å². The molecule has 13 heavy (non-hydrogen) atoms. The van der Waals surface area contributed by atoms with Crippen LogP contribution in [0.25, 0.3) is 0 Å². The van der Waals surface area contributed by atoms with Gasteiger partial charge in [-0.25, -0.2) is 0 Å². The average Bonchev–Trinajstić information content (AvgIpc) is 2.03. The summed E-state index contributed by atoms with van der Waals surface area (Å²) in [5.74, 6) is 0.489. The van der Waals surface area contributed by atoms with Gasteiger partial charge in [-0.3, -0.25) is 4.79 Å². The molecular weight excluding hydrogens is 279 g/mol. The number of halogens is 3. The predicted octanol–water partition coefficient (Wildman–Crippen LogP) is 3.49. The molecule has 0 bridgehead atoms. The fraction of sp³-hybridized carbons (Fsp3) is 0.125. The number of carbonyl (C=O) groups is 1. The summed E-state index contributed by atoms with van der Waals surface area (Å²) < 4.78 is 5.58. The van der Waals surface area contributed by atoms with Crippen LogP contribution in [0.4, 0.5) is 0 Å². The lowest BCUT2D eigenvalue weighted by Gasteiger charge is -2.06. The number of benzene rings is 1.